The highest BCUT2D eigenvalue weighted by atomic mass is 16.5. The molecule has 0 N–H and O–H groups in total. The lowest BCUT2D eigenvalue weighted by Gasteiger charge is -2.32. The molecular formula is C27H44O2. The standard InChI is InChI=1S/C27H44O2/c1-2-3-4-5-6-10-21-28-26-17-13-23(14-18-26)22-29-27-19-15-25(16-20-27)24-11-8-7-9-12-24/h7-9,11-12,23,25-27H,2-6,10,13-22H2,1H3. The molecule has 0 bridgehead atoms. The van der Waals surface area contributed by atoms with Crippen LogP contribution in [0, 0.1) is 5.92 Å². The summed E-state index contributed by atoms with van der Waals surface area (Å²) in [6.07, 6.45) is 19.2. The van der Waals surface area contributed by atoms with Crippen LogP contribution in [0.5, 0.6) is 0 Å². The van der Waals surface area contributed by atoms with Crippen LogP contribution in [0.1, 0.15) is 108 Å². The van der Waals surface area contributed by atoms with E-state index in [4.69, 9.17) is 9.47 Å². The van der Waals surface area contributed by atoms with Crippen LogP contribution in [0.4, 0.5) is 0 Å². The highest BCUT2D eigenvalue weighted by molar-refractivity contribution is 5.19. The molecule has 0 saturated heterocycles. The molecule has 0 radical (unpaired) electrons. The van der Waals surface area contributed by atoms with Gasteiger partial charge in [0.2, 0.25) is 0 Å². The molecule has 2 aliphatic carbocycles. The summed E-state index contributed by atoms with van der Waals surface area (Å²) in [6.45, 7) is 4.23. The Morgan fingerprint density at radius 1 is 0.690 bits per heavy atom. The van der Waals surface area contributed by atoms with E-state index in [0.29, 0.717) is 12.2 Å². The molecule has 164 valence electrons. The van der Waals surface area contributed by atoms with Crippen molar-refractivity contribution in [2.75, 3.05) is 13.2 Å². The Hall–Kier alpha value is -0.860. The van der Waals surface area contributed by atoms with E-state index in [2.05, 4.69) is 37.3 Å². The van der Waals surface area contributed by atoms with E-state index in [9.17, 15) is 0 Å². The number of ether oxygens (including phenoxy) is 2. The predicted octanol–water partition coefficient (Wildman–Crippen LogP) is 7.67. The van der Waals surface area contributed by atoms with Crippen molar-refractivity contribution in [1.82, 2.24) is 0 Å². The average molecular weight is 401 g/mol. The minimum atomic E-state index is 0.497. The molecule has 1 aromatic carbocycles. The van der Waals surface area contributed by atoms with Gasteiger partial charge in [0.1, 0.15) is 0 Å². The molecule has 0 aromatic heterocycles. The molecule has 0 atom stereocenters. The second kappa shape index (κ2) is 13.4. The highest BCUT2D eigenvalue weighted by Gasteiger charge is 2.25. The third-order valence-corrected chi connectivity index (χ3v) is 7.16. The summed E-state index contributed by atoms with van der Waals surface area (Å²) in [5.41, 5.74) is 1.52. The van der Waals surface area contributed by atoms with Crippen LogP contribution < -0.4 is 0 Å². The van der Waals surface area contributed by atoms with Gasteiger partial charge in [-0.25, -0.2) is 0 Å². The Morgan fingerprint density at radius 2 is 1.31 bits per heavy atom. The summed E-state index contributed by atoms with van der Waals surface area (Å²) in [6, 6.07) is 11.0. The summed E-state index contributed by atoms with van der Waals surface area (Å²) < 4.78 is 12.5. The molecule has 0 aliphatic heterocycles. The van der Waals surface area contributed by atoms with Crippen LogP contribution in [0.3, 0.4) is 0 Å². The lowest BCUT2D eigenvalue weighted by molar-refractivity contribution is -0.0257. The molecule has 0 unspecified atom stereocenters. The smallest absolute Gasteiger partial charge is 0.0575 e. The number of hydrogen-bond donors (Lipinski definition) is 0. The molecule has 2 fully saturated rings. The number of rotatable bonds is 12. The van der Waals surface area contributed by atoms with Gasteiger partial charge in [-0.3, -0.25) is 0 Å². The topological polar surface area (TPSA) is 18.5 Å². The van der Waals surface area contributed by atoms with Gasteiger partial charge in [-0.05, 0) is 75.2 Å². The lowest BCUT2D eigenvalue weighted by Crippen LogP contribution is -2.27. The Morgan fingerprint density at radius 3 is 2.03 bits per heavy atom. The second-order valence-corrected chi connectivity index (χ2v) is 9.50. The van der Waals surface area contributed by atoms with Gasteiger partial charge in [0.05, 0.1) is 12.2 Å². The number of unbranched alkanes of at least 4 members (excludes halogenated alkanes) is 5. The molecule has 0 amide bonds. The minimum Gasteiger partial charge on any atom is -0.378 e. The molecule has 2 heteroatoms. The first-order valence-corrected chi connectivity index (χ1v) is 12.6. The summed E-state index contributed by atoms with van der Waals surface area (Å²) in [4.78, 5) is 0. The molecule has 0 spiro atoms. The predicted molar refractivity (Wildman–Crippen MR) is 122 cm³/mol. The second-order valence-electron chi connectivity index (χ2n) is 9.50. The fourth-order valence-electron chi connectivity index (χ4n) is 5.16. The maximum absolute atomic E-state index is 6.35. The molecule has 2 saturated carbocycles. The SMILES string of the molecule is CCCCCCCCOC1CCC(COC2CCC(c3ccccc3)CC2)CC1. The Bertz CT molecular complexity index is 513. The number of benzene rings is 1. The fraction of sp³-hybridized carbons (Fsp3) is 0.778. The van der Waals surface area contributed by atoms with E-state index in [-0.39, 0.29) is 0 Å². The highest BCUT2D eigenvalue weighted by Crippen LogP contribution is 2.35. The summed E-state index contributed by atoms with van der Waals surface area (Å²) in [7, 11) is 0. The summed E-state index contributed by atoms with van der Waals surface area (Å²) in [5, 5.41) is 0. The largest absolute Gasteiger partial charge is 0.378 e. The molecule has 0 heterocycles. The van der Waals surface area contributed by atoms with Crippen LogP contribution >= 0.6 is 0 Å². The first kappa shape index (κ1) is 22.8. The van der Waals surface area contributed by atoms with E-state index in [1.165, 1.54) is 95.5 Å². The van der Waals surface area contributed by atoms with E-state index >= 15 is 0 Å². The van der Waals surface area contributed by atoms with Gasteiger partial charge in [0.25, 0.3) is 0 Å². The van der Waals surface area contributed by atoms with Crippen LogP contribution in [0.15, 0.2) is 30.3 Å². The average Bonchev–Trinajstić information content (AvgIpc) is 2.79. The van der Waals surface area contributed by atoms with E-state index < -0.39 is 0 Å². The van der Waals surface area contributed by atoms with Crippen molar-refractivity contribution in [1.29, 1.82) is 0 Å². The molecule has 3 rings (SSSR count). The molecule has 1 aromatic rings. The third kappa shape index (κ3) is 8.42. The minimum absolute atomic E-state index is 0.497. The molecule has 2 nitrogen and oxygen atoms in total. The zero-order valence-electron chi connectivity index (χ0n) is 18.8. The normalized spacial score (nSPS) is 27.8. The molecule has 29 heavy (non-hydrogen) atoms. The first-order valence-electron chi connectivity index (χ1n) is 12.6. The van der Waals surface area contributed by atoms with Crippen molar-refractivity contribution in [3.63, 3.8) is 0 Å². The Kier molecular flexibility index (Phi) is 10.6. The van der Waals surface area contributed by atoms with Crippen molar-refractivity contribution in [2.24, 2.45) is 5.92 Å². The molecule has 2 aliphatic rings. The van der Waals surface area contributed by atoms with Gasteiger partial charge in [-0.2, -0.15) is 0 Å². The quantitative estimate of drug-likeness (QED) is 0.335. The monoisotopic (exact) mass is 400 g/mol. The Balaban J connectivity index is 1.20. The Labute approximate surface area is 179 Å². The maximum Gasteiger partial charge on any atom is 0.0575 e. The summed E-state index contributed by atoms with van der Waals surface area (Å²) in [5.74, 6) is 1.51. The van der Waals surface area contributed by atoms with Crippen LogP contribution in [0.25, 0.3) is 0 Å². The first-order chi connectivity index (χ1) is 14.3. The zero-order valence-corrected chi connectivity index (χ0v) is 18.8. The van der Waals surface area contributed by atoms with Crippen LogP contribution in [0.2, 0.25) is 0 Å². The van der Waals surface area contributed by atoms with Gasteiger partial charge in [0, 0.05) is 13.2 Å². The van der Waals surface area contributed by atoms with Gasteiger partial charge < -0.3 is 9.47 Å². The summed E-state index contributed by atoms with van der Waals surface area (Å²) >= 11 is 0. The van der Waals surface area contributed by atoms with Crippen molar-refractivity contribution in [2.45, 2.75) is 115 Å². The van der Waals surface area contributed by atoms with Crippen molar-refractivity contribution >= 4 is 0 Å². The van der Waals surface area contributed by atoms with Crippen LogP contribution in [-0.4, -0.2) is 25.4 Å². The van der Waals surface area contributed by atoms with Crippen LogP contribution in [-0.2, 0) is 9.47 Å². The van der Waals surface area contributed by atoms with Crippen molar-refractivity contribution in [3.05, 3.63) is 35.9 Å². The lowest BCUT2D eigenvalue weighted by atomic mass is 9.82. The fourth-order valence-corrected chi connectivity index (χ4v) is 5.16. The van der Waals surface area contributed by atoms with E-state index in [0.717, 1.165) is 25.0 Å². The van der Waals surface area contributed by atoms with Gasteiger partial charge in [-0.1, -0.05) is 69.4 Å². The third-order valence-electron chi connectivity index (χ3n) is 7.16. The number of hydrogen-bond acceptors (Lipinski definition) is 2. The zero-order chi connectivity index (χ0) is 20.2. The van der Waals surface area contributed by atoms with E-state index in [1.807, 2.05) is 0 Å². The van der Waals surface area contributed by atoms with Crippen molar-refractivity contribution in [3.8, 4) is 0 Å². The maximum atomic E-state index is 6.35. The van der Waals surface area contributed by atoms with Gasteiger partial charge >= 0.3 is 0 Å². The van der Waals surface area contributed by atoms with E-state index in [1.54, 1.807) is 0 Å². The van der Waals surface area contributed by atoms with Gasteiger partial charge in [-0.15, -0.1) is 0 Å². The van der Waals surface area contributed by atoms with Crippen molar-refractivity contribution < 1.29 is 9.47 Å². The molecular weight excluding hydrogens is 356 g/mol. The van der Waals surface area contributed by atoms with Gasteiger partial charge in [0.15, 0.2) is 0 Å².